The lowest BCUT2D eigenvalue weighted by molar-refractivity contribution is -0.121. The minimum atomic E-state index is -0.183. The number of anilines is 1. The summed E-state index contributed by atoms with van der Waals surface area (Å²) in [4.78, 5) is 12.6. The summed E-state index contributed by atoms with van der Waals surface area (Å²) in [6.07, 6.45) is 7.04. The standard InChI is InChI=1S/C19H26N4O2S2/c1-11(16-9-13-5-6-14(16)8-13)21-17(24)12(2)26-19-23-22-18(27-19)20-10-15-4-3-7-25-15/h3-4,7,11-14,16H,5-6,8-10H2,1-2H3,(H,20,22)(H,21,24). The second-order valence-electron chi connectivity index (χ2n) is 7.70. The molecule has 2 aromatic heterocycles. The highest BCUT2D eigenvalue weighted by molar-refractivity contribution is 8.02. The molecule has 2 saturated carbocycles. The van der Waals surface area contributed by atoms with Crippen LogP contribution in [0.3, 0.4) is 0 Å². The Hall–Kier alpha value is -1.54. The largest absolute Gasteiger partial charge is 0.467 e. The fourth-order valence-electron chi connectivity index (χ4n) is 4.46. The second-order valence-corrected chi connectivity index (χ2v) is 10.3. The molecule has 27 heavy (non-hydrogen) atoms. The van der Waals surface area contributed by atoms with Gasteiger partial charge in [0.15, 0.2) is 4.34 Å². The van der Waals surface area contributed by atoms with Crippen molar-refractivity contribution in [3.8, 4) is 0 Å². The zero-order chi connectivity index (χ0) is 18.8. The van der Waals surface area contributed by atoms with E-state index in [1.807, 2.05) is 19.1 Å². The Kier molecular flexibility index (Phi) is 5.73. The zero-order valence-corrected chi connectivity index (χ0v) is 17.3. The molecule has 2 bridgehead atoms. The van der Waals surface area contributed by atoms with Gasteiger partial charge in [0.2, 0.25) is 11.0 Å². The number of nitrogens with zero attached hydrogens (tertiary/aromatic N) is 2. The van der Waals surface area contributed by atoms with Gasteiger partial charge in [-0.05, 0) is 63.0 Å². The predicted molar refractivity (Wildman–Crippen MR) is 108 cm³/mol. The number of rotatable bonds is 8. The van der Waals surface area contributed by atoms with E-state index in [-0.39, 0.29) is 17.2 Å². The Morgan fingerprint density at radius 3 is 2.96 bits per heavy atom. The van der Waals surface area contributed by atoms with E-state index in [1.165, 1.54) is 48.8 Å². The number of aromatic nitrogens is 2. The van der Waals surface area contributed by atoms with E-state index in [0.717, 1.165) is 27.1 Å². The van der Waals surface area contributed by atoms with Crippen LogP contribution in [0.25, 0.3) is 0 Å². The van der Waals surface area contributed by atoms with Crippen molar-refractivity contribution in [2.45, 2.75) is 61.7 Å². The molecule has 2 aliphatic carbocycles. The molecule has 6 nitrogen and oxygen atoms in total. The van der Waals surface area contributed by atoms with Gasteiger partial charge >= 0.3 is 0 Å². The minimum absolute atomic E-state index is 0.0931. The summed E-state index contributed by atoms with van der Waals surface area (Å²) in [5.41, 5.74) is 0. The number of fused-ring (bicyclic) bond motifs is 2. The van der Waals surface area contributed by atoms with E-state index >= 15 is 0 Å². The number of furan rings is 1. The van der Waals surface area contributed by atoms with Crippen LogP contribution < -0.4 is 10.6 Å². The molecule has 146 valence electrons. The number of amides is 1. The third-order valence-electron chi connectivity index (χ3n) is 5.85. The monoisotopic (exact) mass is 406 g/mol. The fraction of sp³-hybridized carbons (Fsp3) is 0.632. The lowest BCUT2D eigenvalue weighted by atomic mass is 9.84. The number of hydrogen-bond donors (Lipinski definition) is 2. The average Bonchev–Trinajstić information content (AvgIpc) is 3.43. The third kappa shape index (κ3) is 4.48. The molecule has 8 heteroatoms. The van der Waals surface area contributed by atoms with Crippen molar-refractivity contribution < 1.29 is 9.21 Å². The highest BCUT2D eigenvalue weighted by Gasteiger charge is 2.42. The van der Waals surface area contributed by atoms with Gasteiger partial charge in [-0.3, -0.25) is 4.79 Å². The minimum Gasteiger partial charge on any atom is -0.467 e. The van der Waals surface area contributed by atoms with Crippen molar-refractivity contribution in [2.75, 3.05) is 5.32 Å². The normalized spacial score (nSPS) is 26.1. The first kappa shape index (κ1) is 18.8. The molecule has 0 aliphatic heterocycles. The summed E-state index contributed by atoms with van der Waals surface area (Å²) in [5.74, 6) is 3.32. The lowest BCUT2D eigenvalue weighted by Crippen LogP contribution is -2.43. The van der Waals surface area contributed by atoms with E-state index in [4.69, 9.17) is 4.42 Å². The molecule has 2 heterocycles. The molecular formula is C19H26N4O2S2. The fourth-order valence-corrected chi connectivity index (χ4v) is 6.37. The molecule has 5 atom stereocenters. The zero-order valence-electron chi connectivity index (χ0n) is 15.7. The molecule has 1 amide bonds. The Morgan fingerprint density at radius 1 is 1.37 bits per heavy atom. The van der Waals surface area contributed by atoms with E-state index in [0.29, 0.717) is 12.5 Å². The topological polar surface area (TPSA) is 80.1 Å². The van der Waals surface area contributed by atoms with Gasteiger partial charge in [0.05, 0.1) is 18.1 Å². The molecule has 0 spiro atoms. The van der Waals surface area contributed by atoms with Crippen LogP contribution in [0.4, 0.5) is 5.13 Å². The van der Waals surface area contributed by atoms with E-state index < -0.39 is 0 Å². The summed E-state index contributed by atoms with van der Waals surface area (Å²) >= 11 is 2.93. The van der Waals surface area contributed by atoms with Crippen molar-refractivity contribution in [2.24, 2.45) is 17.8 Å². The van der Waals surface area contributed by atoms with Crippen LogP contribution in [0.5, 0.6) is 0 Å². The molecule has 2 N–H and O–H groups in total. The molecule has 4 rings (SSSR count). The van der Waals surface area contributed by atoms with Crippen LogP contribution >= 0.6 is 23.1 Å². The second kappa shape index (κ2) is 8.22. The van der Waals surface area contributed by atoms with Crippen molar-refractivity contribution >= 4 is 34.1 Å². The van der Waals surface area contributed by atoms with Gasteiger partial charge < -0.3 is 15.1 Å². The van der Waals surface area contributed by atoms with Gasteiger partial charge in [-0.2, -0.15) is 0 Å². The summed E-state index contributed by atoms with van der Waals surface area (Å²) in [6, 6.07) is 4.03. The molecule has 0 aromatic carbocycles. The molecule has 0 saturated heterocycles. The molecule has 5 unspecified atom stereocenters. The van der Waals surface area contributed by atoms with Crippen LogP contribution in [0.1, 0.15) is 45.3 Å². The van der Waals surface area contributed by atoms with Gasteiger partial charge in [0.1, 0.15) is 5.76 Å². The van der Waals surface area contributed by atoms with Crippen LogP contribution in [0.15, 0.2) is 27.2 Å². The maximum absolute atomic E-state index is 12.6. The van der Waals surface area contributed by atoms with Gasteiger partial charge in [-0.15, -0.1) is 10.2 Å². The first-order valence-electron chi connectivity index (χ1n) is 9.65. The summed E-state index contributed by atoms with van der Waals surface area (Å²) in [7, 11) is 0. The van der Waals surface area contributed by atoms with Crippen molar-refractivity contribution in [3.05, 3.63) is 24.2 Å². The number of carbonyl (C=O) groups is 1. The highest BCUT2D eigenvalue weighted by atomic mass is 32.2. The average molecular weight is 407 g/mol. The Bertz CT molecular complexity index is 764. The van der Waals surface area contributed by atoms with E-state index in [2.05, 4.69) is 27.8 Å². The van der Waals surface area contributed by atoms with Gasteiger partial charge in [-0.25, -0.2) is 0 Å². The SMILES string of the molecule is CC(Sc1nnc(NCc2ccco2)s1)C(=O)NC(C)C1CC2CCC1C2. The Balaban J connectivity index is 1.24. The van der Waals surface area contributed by atoms with Gasteiger partial charge in [0, 0.05) is 6.04 Å². The van der Waals surface area contributed by atoms with Crippen LogP contribution in [0.2, 0.25) is 0 Å². The van der Waals surface area contributed by atoms with Crippen molar-refractivity contribution in [1.29, 1.82) is 0 Å². The van der Waals surface area contributed by atoms with Gasteiger partial charge in [0.25, 0.3) is 0 Å². The Labute approximate surface area is 167 Å². The molecule has 2 aromatic rings. The lowest BCUT2D eigenvalue weighted by Gasteiger charge is -2.29. The van der Waals surface area contributed by atoms with Crippen LogP contribution in [-0.2, 0) is 11.3 Å². The van der Waals surface area contributed by atoms with Crippen LogP contribution in [0, 0.1) is 17.8 Å². The summed E-state index contributed by atoms with van der Waals surface area (Å²) in [5, 5.41) is 15.3. The molecule has 2 fully saturated rings. The van der Waals surface area contributed by atoms with Crippen LogP contribution in [-0.4, -0.2) is 27.4 Å². The number of thioether (sulfide) groups is 1. The summed E-state index contributed by atoms with van der Waals surface area (Å²) < 4.78 is 6.09. The highest BCUT2D eigenvalue weighted by Crippen LogP contribution is 2.49. The molecule has 2 aliphatic rings. The smallest absolute Gasteiger partial charge is 0.233 e. The van der Waals surface area contributed by atoms with E-state index in [9.17, 15) is 4.79 Å². The Morgan fingerprint density at radius 2 is 2.26 bits per heavy atom. The van der Waals surface area contributed by atoms with Gasteiger partial charge in [-0.1, -0.05) is 29.5 Å². The number of carbonyl (C=O) groups excluding carboxylic acids is 1. The summed E-state index contributed by atoms with van der Waals surface area (Å²) in [6.45, 7) is 4.68. The van der Waals surface area contributed by atoms with Crippen molar-refractivity contribution in [1.82, 2.24) is 15.5 Å². The maximum Gasteiger partial charge on any atom is 0.233 e. The third-order valence-corrected chi connectivity index (χ3v) is 7.92. The first-order valence-corrected chi connectivity index (χ1v) is 11.3. The molecule has 0 radical (unpaired) electrons. The number of nitrogens with one attached hydrogen (secondary N) is 2. The first-order chi connectivity index (χ1) is 13.1. The number of hydrogen-bond acceptors (Lipinski definition) is 7. The van der Waals surface area contributed by atoms with Crippen molar-refractivity contribution in [3.63, 3.8) is 0 Å². The molecular weight excluding hydrogens is 380 g/mol. The maximum atomic E-state index is 12.6. The quantitative estimate of drug-likeness (QED) is 0.641. The predicted octanol–water partition coefficient (Wildman–Crippen LogP) is 4.16. The van der Waals surface area contributed by atoms with E-state index in [1.54, 1.807) is 6.26 Å².